The molecule has 1 atom stereocenters. The van der Waals surface area contributed by atoms with Gasteiger partial charge in [0.1, 0.15) is 5.82 Å². The molecule has 27 heavy (non-hydrogen) atoms. The van der Waals surface area contributed by atoms with E-state index in [2.05, 4.69) is 11.5 Å². The van der Waals surface area contributed by atoms with Gasteiger partial charge in [-0.15, -0.1) is 0 Å². The zero-order valence-electron chi connectivity index (χ0n) is 16.1. The van der Waals surface area contributed by atoms with Gasteiger partial charge in [0.15, 0.2) is 5.79 Å². The van der Waals surface area contributed by atoms with E-state index in [-0.39, 0.29) is 17.6 Å². The van der Waals surface area contributed by atoms with Crippen LogP contribution in [-0.4, -0.2) is 36.6 Å². The first-order valence-electron chi connectivity index (χ1n) is 9.62. The number of hydrogen-bond acceptors (Lipinski definition) is 4. The molecule has 5 nitrogen and oxygen atoms in total. The Morgan fingerprint density at radius 2 is 1.96 bits per heavy atom. The molecule has 4 rings (SSSR count). The maximum atomic E-state index is 13.9. The lowest BCUT2D eigenvalue weighted by Gasteiger charge is -2.38. The lowest BCUT2D eigenvalue weighted by atomic mass is 9.81. The average Bonchev–Trinajstić information content (AvgIpc) is 3.23. The molecule has 1 saturated heterocycles. The first-order valence-corrected chi connectivity index (χ1v) is 9.62. The molecular formula is C21H26FNO4. The van der Waals surface area contributed by atoms with Crippen LogP contribution in [0.3, 0.4) is 0 Å². The van der Waals surface area contributed by atoms with E-state index in [4.69, 9.17) is 14.2 Å². The van der Waals surface area contributed by atoms with E-state index in [0.717, 1.165) is 36.9 Å². The molecule has 2 aromatic rings. The molecule has 0 radical (unpaired) electrons. The SMILES string of the molecule is COC(=O)c1c(C)n(C(C)C2CCC3(CC2)OCCO3)c2ccc(F)cc12. The molecule has 6 heteroatoms. The van der Waals surface area contributed by atoms with Crippen LogP contribution in [0, 0.1) is 18.7 Å². The van der Waals surface area contributed by atoms with E-state index in [1.54, 1.807) is 6.07 Å². The van der Waals surface area contributed by atoms with E-state index in [0.29, 0.717) is 30.1 Å². The molecule has 0 bridgehead atoms. The average molecular weight is 375 g/mol. The van der Waals surface area contributed by atoms with Crippen LogP contribution in [-0.2, 0) is 14.2 Å². The molecule has 0 N–H and O–H groups in total. The van der Waals surface area contributed by atoms with Crippen LogP contribution in [0.5, 0.6) is 0 Å². The zero-order valence-corrected chi connectivity index (χ0v) is 16.1. The third kappa shape index (κ3) is 3.05. The molecule has 146 valence electrons. The van der Waals surface area contributed by atoms with E-state index in [1.165, 1.54) is 19.2 Å². The summed E-state index contributed by atoms with van der Waals surface area (Å²) < 4.78 is 32.7. The molecule has 1 spiro atoms. The molecule has 2 heterocycles. The van der Waals surface area contributed by atoms with Crippen molar-refractivity contribution in [3.05, 3.63) is 35.3 Å². The van der Waals surface area contributed by atoms with Gasteiger partial charge in [0.05, 0.1) is 25.9 Å². The predicted molar refractivity (Wildman–Crippen MR) is 99.3 cm³/mol. The number of carbonyl (C=O) groups excluding carboxylic acids is 1. The Morgan fingerprint density at radius 1 is 1.30 bits per heavy atom. The summed E-state index contributed by atoms with van der Waals surface area (Å²) in [5.74, 6) is -0.727. The van der Waals surface area contributed by atoms with Crippen molar-refractivity contribution in [2.24, 2.45) is 5.92 Å². The molecule has 1 aliphatic heterocycles. The van der Waals surface area contributed by atoms with E-state index in [9.17, 15) is 9.18 Å². The number of nitrogens with zero attached hydrogens (tertiary/aromatic N) is 1. The number of rotatable bonds is 3. The summed E-state index contributed by atoms with van der Waals surface area (Å²) in [6.07, 6.45) is 3.77. The predicted octanol–water partition coefficient (Wildman–Crippen LogP) is 4.37. The van der Waals surface area contributed by atoms with Gasteiger partial charge in [-0.1, -0.05) is 0 Å². The van der Waals surface area contributed by atoms with Crippen LogP contribution in [0.4, 0.5) is 4.39 Å². The number of fused-ring (bicyclic) bond motifs is 1. The fourth-order valence-electron chi connectivity index (χ4n) is 4.86. The molecule has 1 aliphatic carbocycles. The van der Waals surface area contributed by atoms with Crippen LogP contribution >= 0.6 is 0 Å². The molecule has 1 aromatic carbocycles. The standard InChI is InChI=1S/C21H26FNO4/c1-13(15-6-8-21(9-7-15)26-10-11-27-21)23-14(2)19(20(24)25-3)17-12-16(22)4-5-18(17)23/h4-5,12-13,15H,6-11H2,1-3H3. The summed E-state index contributed by atoms with van der Waals surface area (Å²) >= 11 is 0. The number of methoxy groups -OCH3 is 1. The van der Waals surface area contributed by atoms with Crippen LogP contribution in [0.25, 0.3) is 10.9 Å². The minimum atomic E-state index is -0.426. The maximum absolute atomic E-state index is 13.9. The Kier molecular flexibility index (Phi) is 4.72. The molecule has 0 amide bonds. The highest BCUT2D eigenvalue weighted by Crippen LogP contribution is 2.43. The van der Waals surface area contributed by atoms with Crippen molar-refractivity contribution in [1.82, 2.24) is 4.57 Å². The minimum absolute atomic E-state index is 0.176. The third-order valence-electron chi connectivity index (χ3n) is 6.30. The summed E-state index contributed by atoms with van der Waals surface area (Å²) in [4.78, 5) is 12.4. The Balaban J connectivity index is 1.69. The Bertz CT molecular complexity index is 859. The van der Waals surface area contributed by atoms with Gasteiger partial charge >= 0.3 is 5.97 Å². The Labute approximate surface area is 158 Å². The summed E-state index contributed by atoms with van der Waals surface area (Å²) in [5, 5.41) is 0.612. The second-order valence-corrected chi connectivity index (χ2v) is 7.67. The minimum Gasteiger partial charge on any atom is -0.465 e. The molecular weight excluding hydrogens is 349 g/mol. The molecule has 1 unspecified atom stereocenters. The van der Waals surface area contributed by atoms with E-state index >= 15 is 0 Å². The van der Waals surface area contributed by atoms with Crippen LogP contribution in [0.1, 0.15) is 54.7 Å². The van der Waals surface area contributed by atoms with Crippen molar-refractivity contribution in [3.8, 4) is 0 Å². The summed E-state index contributed by atoms with van der Waals surface area (Å²) in [6, 6.07) is 4.81. The van der Waals surface area contributed by atoms with Crippen molar-refractivity contribution < 1.29 is 23.4 Å². The normalized spacial score (nSPS) is 21.0. The number of halogens is 1. The smallest absolute Gasteiger partial charge is 0.340 e. The van der Waals surface area contributed by atoms with Crippen molar-refractivity contribution in [1.29, 1.82) is 0 Å². The van der Waals surface area contributed by atoms with Crippen molar-refractivity contribution in [2.45, 2.75) is 51.4 Å². The lowest BCUT2D eigenvalue weighted by molar-refractivity contribution is -0.184. The molecule has 1 saturated carbocycles. The highest BCUT2D eigenvalue weighted by Gasteiger charge is 2.42. The first-order chi connectivity index (χ1) is 13.0. The second-order valence-electron chi connectivity index (χ2n) is 7.67. The lowest BCUT2D eigenvalue weighted by Crippen LogP contribution is -2.37. The van der Waals surface area contributed by atoms with E-state index in [1.807, 2.05) is 6.92 Å². The molecule has 1 aromatic heterocycles. The number of benzene rings is 1. The third-order valence-corrected chi connectivity index (χ3v) is 6.30. The van der Waals surface area contributed by atoms with Gasteiger partial charge in [-0.05, 0) is 50.8 Å². The van der Waals surface area contributed by atoms with Crippen molar-refractivity contribution in [2.75, 3.05) is 20.3 Å². The van der Waals surface area contributed by atoms with E-state index < -0.39 is 5.97 Å². The van der Waals surface area contributed by atoms with Gasteiger partial charge in [0.2, 0.25) is 0 Å². The van der Waals surface area contributed by atoms with Gasteiger partial charge in [-0.3, -0.25) is 0 Å². The second kappa shape index (κ2) is 6.91. The fourth-order valence-corrected chi connectivity index (χ4v) is 4.86. The van der Waals surface area contributed by atoms with Gasteiger partial charge in [-0.2, -0.15) is 0 Å². The van der Waals surface area contributed by atoms with Crippen LogP contribution < -0.4 is 0 Å². The number of esters is 1. The highest BCUT2D eigenvalue weighted by molar-refractivity contribution is 6.06. The van der Waals surface area contributed by atoms with Crippen molar-refractivity contribution in [3.63, 3.8) is 0 Å². The number of ether oxygens (including phenoxy) is 3. The summed E-state index contributed by atoms with van der Waals surface area (Å²) in [7, 11) is 1.36. The Hall–Kier alpha value is -1.92. The fraction of sp³-hybridized carbons (Fsp3) is 0.571. The zero-order chi connectivity index (χ0) is 19.2. The van der Waals surface area contributed by atoms with Crippen molar-refractivity contribution >= 4 is 16.9 Å². The maximum Gasteiger partial charge on any atom is 0.340 e. The quantitative estimate of drug-likeness (QED) is 0.748. The summed E-state index contributed by atoms with van der Waals surface area (Å²) in [5.41, 5.74) is 2.15. The summed E-state index contributed by atoms with van der Waals surface area (Å²) in [6.45, 7) is 5.44. The molecule has 2 fully saturated rings. The van der Waals surface area contributed by atoms with Gasteiger partial charge in [0.25, 0.3) is 0 Å². The van der Waals surface area contributed by atoms with Gasteiger partial charge in [-0.25, -0.2) is 9.18 Å². The first kappa shape index (κ1) is 18.4. The van der Waals surface area contributed by atoms with Crippen LogP contribution in [0.2, 0.25) is 0 Å². The van der Waals surface area contributed by atoms with Gasteiger partial charge < -0.3 is 18.8 Å². The topological polar surface area (TPSA) is 49.7 Å². The highest BCUT2D eigenvalue weighted by atomic mass is 19.1. The monoisotopic (exact) mass is 375 g/mol. The Morgan fingerprint density at radius 3 is 2.59 bits per heavy atom. The number of hydrogen-bond donors (Lipinski definition) is 0. The van der Waals surface area contributed by atoms with Gasteiger partial charge in [0, 0.05) is 35.5 Å². The largest absolute Gasteiger partial charge is 0.465 e. The van der Waals surface area contributed by atoms with Crippen LogP contribution in [0.15, 0.2) is 18.2 Å². The number of aromatic nitrogens is 1. The number of carbonyl (C=O) groups is 1. The molecule has 2 aliphatic rings.